The van der Waals surface area contributed by atoms with Crippen LogP contribution < -0.4 is 10.1 Å². The monoisotopic (exact) mass is 485 g/mol. The molecular weight excluding hydrogens is 446 g/mol. The third-order valence-electron chi connectivity index (χ3n) is 6.52. The van der Waals surface area contributed by atoms with E-state index >= 15 is 0 Å². The summed E-state index contributed by atoms with van der Waals surface area (Å²) in [6.07, 6.45) is 2.77. The van der Waals surface area contributed by atoms with Crippen LogP contribution in [0.3, 0.4) is 0 Å². The van der Waals surface area contributed by atoms with Gasteiger partial charge in [-0.05, 0) is 67.1 Å². The Morgan fingerprint density at radius 2 is 1.85 bits per heavy atom. The molecule has 6 heteroatoms. The first-order valence-electron chi connectivity index (χ1n) is 12.2. The molecule has 2 aromatic rings. The second-order valence-corrected chi connectivity index (χ2v) is 12.4. The second-order valence-electron chi connectivity index (χ2n) is 11.3. The number of anilines is 1. The average molecular weight is 486 g/mol. The summed E-state index contributed by atoms with van der Waals surface area (Å²) < 4.78 is 11.3. The van der Waals surface area contributed by atoms with Crippen molar-refractivity contribution >= 4 is 28.2 Å². The molecule has 1 atom stereocenters. The number of thiophene rings is 1. The predicted octanol–water partition coefficient (Wildman–Crippen LogP) is 6.70. The van der Waals surface area contributed by atoms with E-state index in [-0.39, 0.29) is 29.3 Å². The number of hydrogen-bond acceptors (Lipinski definition) is 5. The number of esters is 1. The number of benzene rings is 1. The van der Waals surface area contributed by atoms with E-state index in [1.54, 1.807) is 6.92 Å². The lowest BCUT2D eigenvalue weighted by Crippen LogP contribution is -2.26. The second kappa shape index (κ2) is 10.1. The van der Waals surface area contributed by atoms with Crippen LogP contribution in [0.15, 0.2) is 18.2 Å². The first-order chi connectivity index (χ1) is 15.8. The van der Waals surface area contributed by atoms with Gasteiger partial charge in [-0.25, -0.2) is 4.79 Å². The van der Waals surface area contributed by atoms with Gasteiger partial charge < -0.3 is 14.8 Å². The maximum Gasteiger partial charge on any atom is 0.341 e. The highest BCUT2D eigenvalue weighted by atomic mass is 32.1. The molecule has 1 heterocycles. The van der Waals surface area contributed by atoms with Gasteiger partial charge in [-0.2, -0.15) is 0 Å². The molecule has 1 aliphatic carbocycles. The topological polar surface area (TPSA) is 64.6 Å². The van der Waals surface area contributed by atoms with E-state index in [0.717, 1.165) is 36.0 Å². The largest absolute Gasteiger partial charge is 0.483 e. The van der Waals surface area contributed by atoms with Crippen LogP contribution in [-0.4, -0.2) is 25.1 Å². The summed E-state index contributed by atoms with van der Waals surface area (Å²) in [5, 5.41) is 3.53. The van der Waals surface area contributed by atoms with E-state index in [1.165, 1.54) is 16.2 Å². The minimum Gasteiger partial charge on any atom is -0.483 e. The Labute approximate surface area is 208 Å². The quantitative estimate of drug-likeness (QED) is 0.463. The lowest BCUT2D eigenvalue weighted by atomic mass is 9.72. The van der Waals surface area contributed by atoms with Gasteiger partial charge in [-0.1, -0.05) is 59.2 Å². The molecule has 1 amide bonds. The summed E-state index contributed by atoms with van der Waals surface area (Å²) in [5.74, 6) is 0.603. The minimum absolute atomic E-state index is 0.106. The van der Waals surface area contributed by atoms with Crippen molar-refractivity contribution in [2.75, 3.05) is 18.5 Å². The zero-order chi connectivity index (χ0) is 25.3. The molecule has 1 aromatic heterocycles. The number of amides is 1. The van der Waals surface area contributed by atoms with Gasteiger partial charge in [0.2, 0.25) is 0 Å². The third-order valence-corrected chi connectivity index (χ3v) is 7.69. The molecule has 0 radical (unpaired) electrons. The van der Waals surface area contributed by atoms with E-state index in [4.69, 9.17) is 9.47 Å². The van der Waals surface area contributed by atoms with Gasteiger partial charge in [0.15, 0.2) is 6.61 Å². The van der Waals surface area contributed by atoms with Crippen LogP contribution in [0.2, 0.25) is 0 Å². The van der Waals surface area contributed by atoms with Crippen LogP contribution in [-0.2, 0) is 27.8 Å². The van der Waals surface area contributed by atoms with Crippen molar-refractivity contribution in [2.24, 2.45) is 11.3 Å². The number of rotatable bonds is 6. The predicted molar refractivity (Wildman–Crippen MR) is 139 cm³/mol. The van der Waals surface area contributed by atoms with E-state index in [0.29, 0.717) is 28.8 Å². The van der Waals surface area contributed by atoms with Gasteiger partial charge in [0.1, 0.15) is 10.8 Å². The van der Waals surface area contributed by atoms with Gasteiger partial charge >= 0.3 is 5.97 Å². The number of nitrogens with one attached hydrogen (secondary N) is 1. The fourth-order valence-corrected chi connectivity index (χ4v) is 5.83. The molecule has 5 nitrogen and oxygen atoms in total. The Kier molecular flexibility index (Phi) is 7.81. The Morgan fingerprint density at radius 3 is 2.47 bits per heavy atom. The number of hydrogen-bond donors (Lipinski definition) is 1. The van der Waals surface area contributed by atoms with Crippen LogP contribution in [0.1, 0.15) is 86.8 Å². The molecule has 1 aliphatic rings. The van der Waals surface area contributed by atoms with Crippen molar-refractivity contribution < 1.29 is 19.1 Å². The number of ether oxygens (including phenoxy) is 2. The standard InChI is InChI=1S/C28H39NO4S/c1-9-32-26(31)24-19-12-11-18(27(3,4)5)15-22(19)34-25(24)29-23(30)16-33-21-13-10-17(2)14-20(21)28(6,7)8/h10,13-14,18H,9,11-12,15-16H2,1-8H3,(H,29,30). The first-order valence-corrected chi connectivity index (χ1v) is 13.0. The molecule has 0 saturated carbocycles. The smallest absolute Gasteiger partial charge is 0.341 e. The van der Waals surface area contributed by atoms with Gasteiger partial charge in [0, 0.05) is 4.88 Å². The molecule has 0 aliphatic heterocycles. The van der Waals surface area contributed by atoms with E-state index in [1.807, 2.05) is 19.1 Å². The van der Waals surface area contributed by atoms with Gasteiger partial charge in [0.25, 0.3) is 5.91 Å². The van der Waals surface area contributed by atoms with Gasteiger partial charge in [-0.15, -0.1) is 11.3 Å². The average Bonchev–Trinajstić information content (AvgIpc) is 3.08. The summed E-state index contributed by atoms with van der Waals surface area (Å²) in [6, 6.07) is 6.01. The summed E-state index contributed by atoms with van der Waals surface area (Å²) >= 11 is 1.51. The first kappa shape index (κ1) is 26.3. The van der Waals surface area contributed by atoms with Crippen LogP contribution in [0.4, 0.5) is 5.00 Å². The highest BCUT2D eigenvalue weighted by molar-refractivity contribution is 7.17. The molecule has 3 rings (SSSR count). The normalized spacial score (nSPS) is 16.1. The Bertz CT molecular complexity index is 1060. The maximum absolute atomic E-state index is 12.9. The van der Waals surface area contributed by atoms with Crippen molar-refractivity contribution in [2.45, 2.75) is 80.1 Å². The summed E-state index contributed by atoms with van der Waals surface area (Å²) in [6.45, 7) is 17.2. The van der Waals surface area contributed by atoms with Crippen molar-refractivity contribution in [3.05, 3.63) is 45.3 Å². The molecule has 0 bridgehead atoms. The Balaban J connectivity index is 1.81. The van der Waals surface area contributed by atoms with E-state index in [2.05, 4.69) is 52.9 Å². The van der Waals surface area contributed by atoms with Crippen LogP contribution in [0.5, 0.6) is 5.75 Å². The Morgan fingerprint density at radius 1 is 1.15 bits per heavy atom. The lowest BCUT2D eigenvalue weighted by Gasteiger charge is -2.33. The maximum atomic E-state index is 12.9. The van der Waals surface area contributed by atoms with Crippen molar-refractivity contribution in [1.82, 2.24) is 0 Å². The van der Waals surface area contributed by atoms with E-state index < -0.39 is 0 Å². The fourth-order valence-electron chi connectivity index (χ4n) is 4.49. The molecule has 0 spiro atoms. The third kappa shape index (κ3) is 6.01. The highest BCUT2D eigenvalue weighted by Crippen LogP contribution is 2.44. The number of carbonyl (C=O) groups excluding carboxylic acids is 2. The molecule has 34 heavy (non-hydrogen) atoms. The SMILES string of the molecule is CCOC(=O)c1c(NC(=O)COc2ccc(C)cc2C(C)(C)C)sc2c1CCC(C(C)(C)C)C2. The molecule has 186 valence electrons. The summed E-state index contributed by atoms with van der Waals surface area (Å²) in [7, 11) is 0. The van der Waals surface area contributed by atoms with Crippen molar-refractivity contribution in [1.29, 1.82) is 0 Å². The molecule has 0 saturated heterocycles. The summed E-state index contributed by atoms with van der Waals surface area (Å²) in [5.41, 5.74) is 3.86. The highest BCUT2D eigenvalue weighted by Gasteiger charge is 2.34. The lowest BCUT2D eigenvalue weighted by molar-refractivity contribution is -0.118. The van der Waals surface area contributed by atoms with Crippen LogP contribution in [0.25, 0.3) is 0 Å². The fraction of sp³-hybridized carbons (Fsp3) is 0.571. The van der Waals surface area contributed by atoms with E-state index in [9.17, 15) is 9.59 Å². The molecule has 1 aromatic carbocycles. The molecule has 0 fully saturated rings. The van der Waals surface area contributed by atoms with Crippen molar-refractivity contribution in [3.63, 3.8) is 0 Å². The van der Waals surface area contributed by atoms with Crippen molar-refractivity contribution in [3.8, 4) is 5.75 Å². The number of fused-ring (bicyclic) bond motifs is 1. The number of aryl methyl sites for hydroxylation is 1. The zero-order valence-electron chi connectivity index (χ0n) is 21.9. The molecule has 1 unspecified atom stereocenters. The van der Waals surface area contributed by atoms with Crippen LogP contribution >= 0.6 is 11.3 Å². The zero-order valence-corrected chi connectivity index (χ0v) is 22.7. The molecular formula is C28H39NO4S. The van der Waals surface area contributed by atoms with Gasteiger partial charge in [0.05, 0.1) is 12.2 Å². The summed E-state index contributed by atoms with van der Waals surface area (Å²) in [4.78, 5) is 26.9. The van der Waals surface area contributed by atoms with Crippen LogP contribution in [0, 0.1) is 18.3 Å². The Hall–Kier alpha value is -2.34. The molecule has 1 N–H and O–H groups in total. The van der Waals surface area contributed by atoms with Gasteiger partial charge in [-0.3, -0.25) is 4.79 Å². The number of carbonyl (C=O) groups is 2. The minimum atomic E-state index is -0.362.